The molecule has 9 heteroatoms. The Morgan fingerprint density at radius 1 is 1.12 bits per heavy atom. The van der Waals surface area contributed by atoms with E-state index in [0.29, 0.717) is 39.0 Å². The summed E-state index contributed by atoms with van der Waals surface area (Å²) < 4.78 is 7.76. The molecule has 2 aliphatic rings. The molecule has 0 fully saturated rings. The first-order valence-corrected chi connectivity index (χ1v) is 13.7. The Hall–Kier alpha value is -4.61. The quantitative estimate of drug-likeness (QED) is 0.285. The predicted octanol–water partition coefficient (Wildman–Crippen LogP) is 6.41. The molecular weight excluding hydrogens is 538 g/mol. The summed E-state index contributed by atoms with van der Waals surface area (Å²) in [6, 6.07) is 16.2. The molecular formula is C32H28ClN5O3. The molecule has 41 heavy (non-hydrogen) atoms. The number of carbonyl (C=O) groups excluding carboxylic acids is 2. The topological polar surface area (TPSA) is 91.5 Å². The summed E-state index contributed by atoms with van der Waals surface area (Å²) in [5, 5.41) is 10.2. The summed E-state index contributed by atoms with van der Waals surface area (Å²) in [5.74, 6) is 0.717. The maximum Gasteiger partial charge on any atom is 0.279 e. The van der Waals surface area contributed by atoms with Gasteiger partial charge in [0.15, 0.2) is 5.69 Å². The van der Waals surface area contributed by atoms with Crippen LogP contribution in [0.15, 0.2) is 48.5 Å². The number of rotatable bonds is 4. The number of amides is 2. The van der Waals surface area contributed by atoms with E-state index in [9.17, 15) is 14.9 Å². The number of aryl methyl sites for hydroxylation is 1. The molecule has 206 valence electrons. The molecule has 3 heterocycles. The fourth-order valence-corrected chi connectivity index (χ4v) is 6.29. The Balaban J connectivity index is 1.66. The molecule has 8 nitrogen and oxygen atoms in total. The van der Waals surface area contributed by atoms with Crippen LogP contribution in [-0.4, -0.2) is 47.5 Å². The van der Waals surface area contributed by atoms with Crippen LogP contribution in [0, 0.1) is 18.3 Å². The first-order chi connectivity index (χ1) is 19.6. The predicted molar refractivity (Wildman–Crippen MR) is 158 cm³/mol. The van der Waals surface area contributed by atoms with Crippen LogP contribution < -0.4 is 9.64 Å². The second-order valence-corrected chi connectivity index (χ2v) is 11.2. The lowest BCUT2D eigenvalue weighted by molar-refractivity contribution is 0.0827. The van der Waals surface area contributed by atoms with Crippen LogP contribution in [0.2, 0.25) is 5.02 Å². The molecule has 1 aromatic heterocycles. The minimum absolute atomic E-state index is 0.0874. The number of nitrogens with zero attached hydrogens (tertiary/aromatic N) is 5. The molecule has 0 N–H and O–H groups in total. The lowest BCUT2D eigenvalue weighted by atomic mass is 9.85. The smallest absolute Gasteiger partial charge is 0.279 e. The van der Waals surface area contributed by atoms with Gasteiger partial charge < -0.3 is 14.2 Å². The summed E-state index contributed by atoms with van der Waals surface area (Å²) in [6.07, 6.45) is 0. The third-order valence-corrected chi connectivity index (χ3v) is 8.13. The Morgan fingerprint density at radius 2 is 1.88 bits per heavy atom. The summed E-state index contributed by atoms with van der Waals surface area (Å²) in [5.41, 5.74) is 6.76. The lowest BCUT2D eigenvalue weighted by Crippen LogP contribution is -2.34. The minimum atomic E-state index is -0.480. The van der Waals surface area contributed by atoms with Gasteiger partial charge in [0.1, 0.15) is 17.6 Å². The van der Waals surface area contributed by atoms with Crippen molar-refractivity contribution in [2.75, 3.05) is 26.1 Å². The van der Waals surface area contributed by atoms with Crippen LogP contribution in [0.25, 0.3) is 22.5 Å². The van der Waals surface area contributed by atoms with Crippen LogP contribution >= 0.6 is 11.6 Å². The number of hydrogen-bond acceptors (Lipinski definition) is 5. The molecule has 0 aliphatic carbocycles. The van der Waals surface area contributed by atoms with Crippen molar-refractivity contribution >= 4 is 29.1 Å². The SMILES string of the molecule is COc1ccc(C(=O)N(C)C)cc1-c1nc2c(n1C(C)C)C1c3ccc(C#N)cc3-c3c(Cl)ccc(C)c3N1C2=O. The van der Waals surface area contributed by atoms with Gasteiger partial charge in [0.2, 0.25) is 0 Å². The van der Waals surface area contributed by atoms with Gasteiger partial charge in [-0.15, -0.1) is 0 Å². The molecule has 0 bridgehead atoms. The van der Waals surface area contributed by atoms with Crippen molar-refractivity contribution in [1.29, 1.82) is 5.26 Å². The number of carbonyl (C=O) groups is 2. The number of nitriles is 1. The van der Waals surface area contributed by atoms with Gasteiger partial charge in [-0.2, -0.15) is 5.26 Å². The van der Waals surface area contributed by atoms with E-state index in [1.807, 2.05) is 45.0 Å². The van der Waals surface area contributed by atoms with Crippen LogP contribution in [0.4, 0.5) is 5.69 Å². The van der Waals surface area contributed by atoms with E-state index in [1.165, 1.54) is 4.90 Å². The van der Waals surface area contributed by atoms with Crippen LogP contribution in [-0.2, 0) is 0 Å². The highest BCUT2D eigenvalue weighted by Crippen LogP contribution is 2.55. The van der Waals surface area contributed by atoms with Gasteiger partial charge in [-0.25, -0.2) is 4.98 Å². The molecule has 2 aliphatic heterocycles. The van der Waals surface area contributed by atoms with E-state index in [0.717, 1.165) is 33.6 Å². The third-order valence-electron chi connectivity index (χ3n) is 7.81. The number of halogens is 1. The number of anilines is 1. The fraction of sp³-hybridized carbons (Fsp3) is 0.250. The second-order valence-electron chi connectivity index (χ2n) is 10.8. The number of benzene rings is 3. The number of hydrogen-bond donors (Lipinski definition) is 0. The zero-order valence-corrected chi connectivity index (χ0v) is 24.4. The van der Waals surface area contributed by atoms with E-state index >= 15 is 0 Å². The average molecular weight is 566 g/mol. The standard InChI is InChI=1S/C32H28ClN5O3/c1-16(2)37-29-26(35-30(37)22-14-19(31(39)36(4)5)9-12-24(22)41-6)32(40)38-27-17(3)7-11-23(33)25(27)21-13-18(15-34)8-10-20(21)28(29)38/h7-14,16,28H,1-6H3. The van der Waals surface area contributed by atoms with Gasteiger partial charge in [0.25, 0.3) is 11.8 Å². The van der Waals surface area contributed by atoms with Gasteiger partial charge in [0, 0.05) is 31.3 Å². The van der Waals surface area contributed by atoms with Crippen molar-refractivity contribution in [3.8, 4) is 34.3 Å². The summed E-state index contributed by atoms with van der Waals surface area (Å²) in [4.78, 5) is 35.4. The lowest BCUT2D eigenvalue weighted by Gasteiger charge is -2.37. The Morgan fingerprint density at radius 3 is 2.54 bits per heavy atom. The maximum absolute atomic E-state index is 14.3. The van der Waals surface area contributed by atoms with Crippen LogP contribution in [0.5, 0.6) is 5.75 Å². The van der Waals surface area contributed by atoms with E-state index in [-0.39, 0.29) is 17.9 Å². The van der Waals surface area contributed by atoms with Crippen molar-refractivity contribution in [3.63, 3.8) is 0 Å². The Kier molecular flexibility index (Phi) is 6.16. The van der Waals surface area contributed by atoms with Crippen molar-refractivity contribution in [2.24, 2.45) is 0 Å². The Labute approximate surface area is 243 Å². The van der Waals surface area contributed by atoms with Gasteiger partial charge >= 0.3 is 0 Å². The number of aromatic nitrogens is 2. The highest BCUT2D eigenvalue weighted by atomic mass is 35.5. The van der Waals surface area contributed by atoms with Gasteiger partial charge in [-0.05, 0) is 73.9 Å². The molecule has 4 aromatic rings. The number of imidazole rings is 1. The van der Waals surface area contributed by atoms with E-state index in [1.54, 1.807) is 50.4 Å². The molecule has 6 rings (SSSR count). The normalized spacial score (nSPS) is 14.8. The van der Waals surface area contributed by atoms with Gasteiger partial charge in [0.05, 0.1) is 40.7 Å². The number of methoxy groups -OCH3 is 1. The highest BCUT2D eigenvalue weighted by Gasteiger charge is 2.49. The van der Waals surface area contributed by atoms with Crippen molar-refractivity contribution in [1.82, 2.24) is 14.5 Å². The van der Waals surface area contributed by atoms with Crippen molar-refractivity contribution in [2.45, 2.75) is 32.9 Å². The first-order valence-electron chi connectivity index (χ1n) is 13.3. The molecule has 0 saturated heterocycles. The first kappa shape index (κ1) is 26.6. The zero-order valence-electron chi connectivity index (χ0n) is 23.6. The van der Waals surface area contributed by atoms with Crippen molar-refractivity contribution < 1.29 is 14.3 Å². The largest absolute Gasteiger partial charge is 0.496 e. The maximum atomic E-state index is 14.3. The van der Waals surface area contributed by atoms with E-state index in [4.69, 9.17) is 21.3 Å². The third kappa shape index (κ3) is 3.76. The summed E-state index contributed by atoms with van der Waals surface area (Å²) in [6.45, 7) is 6.03. The monoisotopic (exact) mass is 565 g/mol. The van der Waals surface area contributed by atoms with Crippen LogP contribution in [0.1, 0.15) is 69.2 Å². The molecule has 3 aromatic carbocycles. The summed E-state index contributed by atoms with van der Waals surface area (Å²) in [7, 11) is 4.98. The van der Waals surface area contributed by atoms with E-state index < -0.39 is 6.04 Å². The average Bonchev–Trinajstić information content (AvgIpc) is 3.49. The van der Waals surface area contributed by atoms with Crippen LogP contribution in [0.3, 0.4) is 0 Å². The molecule has 0 radical (unpaired) electrons. The minimum Gasteiger partial charge on any atom is -0.496 e. The number of ether oxygens (including phenoxy) is 1. The summed E-state index contributed by atoms with van der Waals surface area (Å²) >= 11 is 6.76. The van der Waals surface area contributed by atoms with Gasteiger partial charge in [-0.3, -0.25) is 14.5 Å². The number of fused-ring (bicyclic) bond motifs is 8. The molecule has 0 spiro atoms. The molecule has 1 atom stereocenters. The molecule has 1 unspecified atom stereocenters. The Bertz CT molecular complexity index is 1830. The molecule has 2 amide bonds. The zero-order chi connectivity index (χ0) is 29.3. The molecule has 0 saturated carbocycles. The highest BCUT2D eigenvalue weighted by molar-refractivity contribution is 6.35. The van der Waals surface area contributed by atoms with E-state index in [2.05, 4.69) is 10.6 Å². The fourth-order valence-electron chi connectivity index (χ4n) is 6.04. The van der Waals surface area contributed by atoms with Crippen molar-refractivity contribution in [3.05, 3.63) is 87.2 Å². The second kappa shape index (κ2) is 9.50. The van der Waals surface area contributed by atoms with Gasteiger partial charge in [-0.1, -0.05) is 23.7 Å².